The molecule has 1 unspecified atom stereocenters. The van der Waals surface area contributed by atoms with Gasteiger partial charge in [0.15, 0.2) is 5.72 Å². The molecule has 6 nitrogen and oxygen atoms in total. The molecule has 1 N–H and O–H groups in total. The van der Waals surface area contributed by atoms with Gasteiger partial charge in [-0.3, -0.25) is 19.8 Å². The van der Waals surface area contributed by atoms with Crippen LogP contribution in [0.1, 0.15) is 27.0 Å². The lowest BCUT2D eigenvalue weighted by atomic mass is 9.93. The Balaban J connectivity index is 1.82. The molecule has 1 heterocycles. The Labute approximate surface area is 176 Å². The minimum Gasteiger partial charge on any atom is -0.363 e. The van der Waals surface area contributed by atoms with Gasteiger partial charge in [-0.15, -0.1) is 0 Å². The topological polar surface area (TPSA) is 83.7 Å². The van der Waals surface area contributed by atoms with Crippen molar-refractivity contribution in [3.63, 3.8) is 0 Å². The van der Waals surface area contributed by atoms with Crippen molar-refractivity contribution in [3.05, 3.63) is 109 Å². The summed E-state index contributed by atoms with van der Waals surface area (Å²) in [5, 5.41) is 23.4. The molecule has 146 valence electrons. The van der Waals surface area contributed by atoms with Gasteiger partial charge in [-0.1, -0.05) is 59.6 Å². The van der Waals surface area contributed by atoms with E-state index in [1.807, 2.05) is 0 Å². The normalized spacial score (nSPS) is 18.0. The van der Waals surface area contributed by atoms with Crippen molar-refractivity contribution in [1.82, 2.24) is 4.90 Å². The lowest BCUT2D eigenvalue weighted by Gasteiger charge is -2.35. The van der Waals surface area contributed by atoms with E-state index < -0.39 is 16.6 Å². The third-order valence-electron chi connectivity index (χ3n) is 4.97. The third-order valence-corrected chi connectivity index (χ3v) is 5.54. The monoisotopic (exact) mass is 428 g/mol. The van der Waals surface area contributed by atoms with Crippen molar-refractivity contribution in [1.29, 1.82) is 0 Å². The number of hydrogen-bond donors (Lipinski definition) is 1. The average molecular weight is 429 g/mol. The first-order valence-corrected chi connectivity index (χ1v) is 9.40. The average Bonchev–Trinajstić information content (AvgIpc) is 2.92. The first-order chi connectivity index (χ1) is 13.8. The number of nitro groups is 1. The van der Waals surface area contributed by atoms with Crippen LogP contribution in [0.2, 0.25) is 10.0 Å². The van der Waals surface area contributed by atoms with Gasteiger partial charge < -0.3 is 5.11 Å². The van der Waals surface area contributed by atoms with Crippen LogP contribution < -0.4 is 0 Å². The summed E-state index contributed by atoms with van der Waals surface area (Å²) in [6, 6.07) is 17.3. The van der Waals surface area contributed by atoms with Crippen LogP contribution in [-0.2, 0) is 12.3 Å². The molecule has 0 fully saturated rings. The Bertz CT molecular complexity index is 1120. The summed E-state index contributed by atoms with van der Waals surface area (Å²) in [5.74, 6) is -0.429. The molecule has 1 aliphatic heterocycles. The molecule has 1 atom stereocenters. The lowest BCUT2D eigenvalue weighted by molar-refractivity contribution is -0.384. The van der Waals surface area contributed by atoms with Gasteiger partial charge in [-0.2, -0.15) is 0 Å². The predicted molar refractivity (Wildman–Crippen MR) is 109 cm³/mol. The van der Waals surface area contributed by atoms with Gasteiger partial charge in [-0.05, 0) is 23.8 Å². The van der Waals surface area contributed by atoms with E-state index in [0.717, 1.165) is 0 Å². The van der Waals surface area contributed by atoms with Crippen molar-refractivity contribution in [2.75, 3.05) is 0 Å². The molecular weight excluding hydrogens is 415 g/mol. The number of nitro benzene ring substituents is 1. The second-order valence-corrected chi connectivity index (χ2v) is 7.50. The fraction of sp³-hybridized carbons (Fsp3) is 0.0952. The van der Waals surface area contributed by atoms with Crippen LogP contribution in [0.15, 0.2) is 66.7 Å². The zero-order valence-electron chi connectivity index (χ0n) is 14.9. The maximum absolute atomic E-state index is 13.2. The number of non-ortho nitro benzene ring substituents is 1. The Kier molecular flexibility index (Phi) is 4.78. The van der Waals surface area contributed by atoms with E-state index in [1.165, 1.54) is 17.0 Å². The Morgan fingerprint density at radius 3 is 2.28 bits per heavy atom. The zero-order chi connectivity index (χ0) is 20.8. The van der Waals surface area contributed by atoms with Crippen LogP contribution in [0.5, 0.6) is 0 Å². The number of carbonyl (C=O) groups excluding carboxylic acids is 1. The SMILES string of the molecule is O=C1c2c(Cl)cccc2C(O)(c2ccc(Cl)cc2)N1Cc1ccc([N+](=O)[O-])cc1. The first kappa shape index (κ1) is 19.4. The molecule has 0 saturated carbocycles. The number of aliphatic hydroxyl groups is 1. The molecule has 0 bridgehead atoms. The van der Waals surface area contributed by atoms with Crippen molar-refractivity contribution in [3.8, 4) is 0 Å². The molecule has 1 amide bonds. The highest BCUT2D eigenvalue weighted by atomic mass is 35.5. The minimum atomic E-state index is -1.76. The molecule has 3 aromatic carbocycles. The summed E-state index contributed by atoms with van der Waals surface area (Å²) in [7, 11) is 0. The fourth-order valence-corrected chi connectivity index (χ4v) is 3.93. The molecule has 0 saturated heterocycles. The van der Waals surface area contributed by atoms with Gasteiger partial charge in [0.05, 0.1) is 15.5 Å². The van der Waals surface area contributed by atoms with Crippen molar-refractivity contribution in [2.45, 2.75) is 12.3 Å². The highest BCUT2D eigenvalue weighted by molar-refractivity contribution is 6.34. The first-order valence-electron chi connectivity index (χ1n) is 8.65. The Morgan fingerprint density at radius 1 is 1.00 bits per heavy atom. The minimum absolute atomic E-state index is 0.0287. The van der Waals surface area contributed by atoms with Gasteiger partial charge >= 0.3 is 0 Å². The summed E-state index contributed by atoms with van der Waals surface area (Å²) in [4.78, 5) is 24.9. The van der Waals surface area contributed by atoms with E-state index in [1.54, 1.807) is 54.6 Å². The van der Waals surface area contributed by atoms with Crippen LogP contribution in [0.4, 0.5) is 5.69 Å². The summed E-state index contributed by atoms with van der Waals surface area (Å²) < 4.78 is 0. The Morgan fingerprint density at radius 2 is 1.66 bits per heavy atom. The lowest BCUT2D eigenvalue weighted by Crippen LogP contribution is -2.44. The zero-order valence-corrected chi connectivity index (χ0v) is 16.4. The smallest absolute Gasteiger partial charge is 0.269 e. The van der Waals surface area contributed by atoms with Crippen molar-refractivity contribution in [2.24, 2.45) is 0 Å². The molecule has 1 aliphatic rings. The van der Waals surface area contributed by atoms with E-state index in [0.29, 0.717) is 21.7 Å². The summed E-state index contributed by atoms with van der Waals surface area (Å²) in [6.07, 6.45) is 0. The summed E-state index contributed by atoms with van der Waals surface area (Å²) in [6.45, 7) is 0.0287. The molecule has 29 heavy (non-hydrogen) atoms. The maximum atomic E-state index is 13.2. The van der Waals surface area contributed by atoms with Gasteiger partial charge in [0.1, 0.15) is 0 Å². The van der Waals surface area contributed by atoms with Crippen molar-refractivity contribution >= 4 is 34.8 Å². The number of rotatable bonds is 4. The molecule has 8 heteroatoms. The number of benzene rings is 3. The van der Waals surface area contributed by atoms with Crippen LogP contribution in [0, 0.1) is 10.1 Å². The maximum Gasteiger partial charge on any atom is 0.269 e. The van der Waals surface area contributed by atoms with E-state index in [4.69, 9.17) is 23.2 Å². The highest BCUT2D eigenvalue weighted by Gasteiger charge is 2.50. The van der Waals surface area contributed by atoms with Crippen LogP contribution in [-0.4, -0.2) is 20.8 Å². The van der Waals surface area contributed by atoms with Crippen LogP contribution >= 0.6 is 23.2 Å². The number of fused-ring (bicyclic) bond motifs is 1. The van der Waals surface area contributed by atoms with Gasteiger partial charge in [0, 0.05) is 34.8 Å². The number of halogens is 2. The van der Waals surface area contributed by atoms with E-state index in [9.17, 15) is 20.0 Å². The van der Waals surface area contributed by atoms with E-state index in [2.05, 4.69) is 0 Å². The van der Waals surface area contributed by atoms with E-state index in [-0.39, 0.29) is 22.8 Å². The largest absolute Gasteiger partial charge is 0.363 e. The van der Waals surface area contributed by atoms with Gasteiger partial charge in [0.25, 0.3) is 11.6 Å². The number of amides is 1. The quantitative estimate of drug-likeness (QED) is 0.479. The van der Waals surface area contributed by atoms with Crippen LogP contribution in [0.25, 0.3) is 0 Å². The molecule has 4 rings (SSSR count). The Hall–Kier alpha value is -2.93. The van der Waals surface area contributed by atoms with Gasteiger partial charge in [0.2, 0.25) is 0 Å². The van der Waals surface area contributed by atoms with Crippen molar-refractivity contribution < 1.29 is 14.8 Å². The number of hydrogen-bond acceptors (Lipinski definition) is 4. The standard InChI is InChI=1S/C21H14Cl2N2O4/c22-15-8-6-14(7-9-15)21(27)17-2-1-3-18(23)19(17)20(26)24(21)12-13-4-10-16(11-5-13)25(28)29/h1-11,27H,12H2. The second kappa shape index (κ2) is 7.15. The van der Waals surface area contributed by atoms with Gasteiger partial charge in [-0.25, -0.2) is 0 Å². The molecule has 0 spiro atoms. The molecule has 0 radical (unpaired) electrons. The highest BCUT2D eigenvalue weighted by Crippen LogP contribution is 2.45. The fourth-order valence-electron chi connectivity index (χ4n) is 3.54. The predicted octanol–water partition coefficient (Wildman–Crippen LogP) is 4.75. The number of nitrogens with zero attached hydrogens (tertiary/aromatic N) is 2. The third kappa shape index (κ3) is 3.15. The molecular formula is C21H14Cl2N2O4. The molecule has 3 aromatic rings. The van der Waals surface area contributed by atoms with Crippen LogP contribution in [0.3, 0.4) is 0 Å². The molecule has 0 aliphatic carbocycles. The summed E-state index contributed by atoms with van der Waals surface area (Å²) >= 11 is 12.3. The van der Waals surface area contributed by atoms with E-state index >= 15 is 0 Å². The summed E-state index contributed by atoms with van der Waals surface area (Å²) in [5.41, 5.74) is -0.129. The molecule has 0 aromatic heterocycles. The second-order valence-electron chi connectivity index (χ2n) is 6.66. The number of carbonyl (C=O) groups is 1.